The van der Waals surface area contributed by atoms with Gasteiger partial charge in [0.15, 0.2) is 0 Å². The summed E-state index contributed by atoms with van der Waals surface area (Å²) in [6.45, 7) is 0.939. The molecule has 0 bridgehead atoms. The SMILES string of the molecule is O=C(O)NCCOCCOc1cccc([N+](=O)[O-])c1. The molecule has 8 nitrogen and oxygen atoms in total. The number of nitrogens with zero attached hydrogens (tertiary/aromatic N) is 1. The molecule has 0 unspecified atom stereocenters. The predicted octanol–water partition coefficient (Wildman–Crippen LogP) is 1.26. The second kappa shape index (κ2) is 7.88. The highest BCUT2D eigenvalue weighted by molar-refractivity contribution is 5.64. The average molecular weight is 270 g/mol. The second-order valence-electron chi connectivity index (χ2n) is 3.45. The minimum absolute atomic E-state index is 0.0379. The number of hydrogen-bond donors (Lipinski definition) is 2. The predicted molar refractivity (Wildman–Crippen MR) is 65.4 cm³/mol. The van der Waals surface area contributed by atoms with Crippen molar-refractivity contribution in [3.05, 3.63) is 34.4 Å². The molecule has 1 amide bonds. The summed E-state index contributed by atoms with van der Waals surface area (Å²) < 4.78 is 10.4. The lowest BCUT2D eigenvalue weighted by molar-refractivity contribution is -0.384. The Hall–Kier alpha value is -2.35. The van der Waals surface area contributed by atoms with Gasteiger partial charge in [0.05, 0.1) is 24.2 Å². The van der Waals surface area contributed by atoms with E-state index in [1.165, 1.54) is 18.2 Å². The summed E-state index contributed by atoms with van der Waals surface area (Å²) >= 11 is 0. The number of nitro benzene ring substituents is 1. The molecule has 0 aromatic heterocycles. The minimum atomic E-state index is -1.10. The third-order valence-corrected chi connectivity index (χ3v) is 2.05. The molecule has 104 valence electrons. The van der Waals surface area contributed by atoms with Crippen LogP contribution in [-0.4, -0.2) is 42.5 Å². The molecule has 0 fully saturated rings. The molecule has 1 aromatic rings. The third-order valence-electron chi connectivity index (χ3n) is 2.05. The minimum Gasteiger partial charge on any atom is -0.491 e. The van der Waals surface area contributed by atoms with E-state index in [1.54, 1.807) is 6.07 Å². The van der Waals surface area contributed by atoms with Crippen LogP contribution in [0.1, 0.15) is 0 Å². The Labute approximate surface area is 109 Å². The van der Waals surface area contributed by atoms with Gasteiger partial charge in [-0.2, -0.15) is 0 Å². The first kappa shape index (κ1) is 14.7. The number of non-ortho nitro benzene ring substituents is 1. The molecule has 0 aliphatic heterocycles. The number of hydrogen-bond acceptors (Lipinski definition) is 5. The Kier molecular flexibility index (Phi) is 6.10. The number of carboxylic acid groups (broad SMARTS) is 1. The van der Waals surface area contributed by atoms with Crippen LogP contribution in [0.2, 0.25) is 0 Å². The molecule has 0 heterocycles. The molecular formula is C11H14N2O6. The van der Waals surface area contributed by atoms with Gasteiger partial charge in [-0.25, -0.2) is 4.79 Å². The van der Waals surface area contributed by atoms with Crippen LogP contribution < -0.4 is 10.1 Å². The number of nitrogens with one attached hydrogen (secondary N) is 1. The van der Waals surface area contributed by atoms with Crippen LogP contribution in [-0.2, 0) is 4.74 Å². The lowest BCUT2D eigenvalue weighted by atomic mass is 10.3. The summed E-state index contributed by atoms with van der Waals surface area (Å²) in [6.07, 6.45) is -1.10. The number of amides is 1. The topological polar surface area (TPSA) is 111 Å². The third kappa shape index (κ3) is 6.22. The molecule has 0 radical (unpaired) electrons. The lowest BCUT2D eigenvalue weighted by Gasteiger charge is -2.07. The molecule has 0 aliphatic rings. The van der Waals surface area contributed by atoms with Gasteiger partial charge >= 0.3 is 6.09 Å². The van der Waals surface area contributed by atoms with Gasteiger partial charge in [0, 0.05) is 12.6 Å². The molecule has 2 N–H and O–H groups in total. The fourth-order valence-electron chi connectivity index (χ4n) is 1.24. The van der Waals surface area contributed by atoms with Crippen molar-refractivity contribution in [1.29, 1.82) is 0 Å². The van der Waals surface area contributed by atoms with Gasteiger partial charge < -0.3 is 19.9 Å². The molecule has 0 aliphatic carbocycles. The van der Waals surface area contributed by atoms with Crippen LogP contribution >= 0.6 is 0 Å². The van der Waals surface area contributed by atoms with Crippen molar-refractivity contribution in [3.63, 3.8) is 0 Å². The van der Waals surface area contributed by atoms with Crippen molar-refractivity contribution >= 4 is 11.8 Å². The van der Waals surface area contributed by atoms with Crippen molar-refractivity contribution in [2.45, 2.75) is 0 Å². The summed E-state index contributed by atoms with van der Waals surface area (Å²) in [6, 6.07) is 5.84. The monoisotopic (exact) mass is 270 g/mol. The fourth-order valence-corrected chi connectivity index (χ4v) is 1.24. The van der Waals surface area contributed by atoms with Crippen molar-refractivity contribution in [3.8, 4) is 5.75 Å². The van der Waals surface area contributed by atoms with Crippen molar-refractivity contribution in [1.82, 2.24) is 5.32 Å². The molecule has 1 rings (SSSR count). The fraction of sp³-hybridized carbons (Fsp3) is 0.364. The van der Waals surface area contributed by atoms with Gasteiger partial charge in [-0.15, -0.1) is 0 Å². The van der Waals surface area contributed by atoms with Crippen molar-refractivity contribution < 1.29 is 24.3 Å². The maximum absolute atomic E-state index is 10.5. The zero-order valence-electron chi connectivity index (χ0n) is 10.1. The highest BCUT2D eigenvalue weighted by Crippen LogP contribution is 2.18. The smallest absolute Gasteiger partial charge is 0.404 e. The zero-order valence-corrected chi connectivity index (χ0v) is 10.1. The van der Waals surface area contributed by atoms with Crippen LogP contribution in [0.15, 0.2) is 24.3 Å². The Bertz CT molecular complexity index is 437. The van der Waals surface area contributed by atoms with E-state index < -0.39 is 11.0 Å². The highest BCUT2D eigenvalue weighted by atomic mass is 16.6. The summed E-state index contributed by atoms with van der Waals surface area (Å²) in [5.41, 5.74) is -0.0379. The van der Waals surface area contributed by atoms with E-state index in [2.05, 4.69) is 5.32 Å². The van der Waals surface area contributed by atoms with E-state index in [9.17, 15) is 14.9 Å². The maximum Gasteiger partial charge on any atom is 0.404 e. The largest absolute Gasteiger partial charge is 0.491 e. The van der Waals surface area contributed by atoms with E-state index in [4.69, 9.17) is 14.6 Å². The van der Waals surface area contributed by atoms with Crippen LogP contribution in [0.4, 0.5) is 10.5 Å². The summed E-state index contributed by atoms with van der Waals surface area (Å²) in [5, 5.41) is 21.0. The average Bonchev–Trinajstić information content (AvgIpc) is 2.37. The Balaban J connectivity index is 2.17. The van der Waals surface area contributed by atoms with Gasteiger partial charge in [0.25, 0.3) is 5.69 Å². The summed E-state index contributed by atoms with van der Waals surface area (Å²) in [5.74, 6) is 0.390. The first-order chi connectivity index (χ1) is 9.09. The number of carbonyl (C=O) groups is 1. The number of nitro groups is 1. The molecule has 0 spiro atoms. The second-order valence-corrected chi connectivity index (χ2v) is 3.45. The first-order valence-corrected chi connectivity index (χ1v) is 5.51. The highest BCUT2D eigenvalue weighted by Gasteiger charge is 2.05. The van der Waals surface area contributed by atoms with Crippen molar-refractivity contribution in [2.75, 3.05) is 26.4 Å². The van der Waals surface area contributed by atoms with E-state index in [0.29, 0.717) is 5.75 Å². The van der Waals surface area contributed by atoms with E-state index in [-0.39, 0.29) is 32.1 Å². The Morgan fingerprint density at radius 1 is 1.37 bits per heavy atom. The Morgan fingerprint density at radius 2 is 2.16 bits per heavy atom. The zero-order chi connectivity index (χ0) is 14.1. The maximum atomic E-state index is 10.5. The van der Waals surface area contributed by atoms with Crippen LogP contribution in [0.3, 0.4) is 0 Å². The summed E-state index contributed by atoms with van der Waals surface area (Å²) in [7, 11) is 0. The van der Waals surface area contributed by atoms with E-state index in [0.717, 1.165) is 0 Å². The molecule has 0 saturated carbocycles. The molecule has 19 heavy (non-hydrogen) atoms. The molecule has 0 atom stereocenters. The van der Waals surface area contributed by atoms with Crippen LogP contribution in [0, 0.1) is 10.1 Å². The lowest BCUT2D eigenvalue weighted by Crippen LogP contribution is -2.25. The number of rotatable bonds is 8. The van der Waals surface area contributed by atoms with Crippen LogP contribution in [0.25, 0.3) is 0 Å². The quantitative estimate of drug-likeness (QED) is 0.418. The van der Waals surface area contributed by atoms with Crippen LogP contribution in [0.5, 0.6) is 5.75 Å². The first-order valence-electron chi connectivity index (χ1n) is 5.51. The molecule has 8 heteroatoms. The molecule has 0 saturated heterocycles. The van der Waals surface area contributed by atoms with Gasteiger partial charge in [-0.05, 0) is 6.07 Å². The van der Waals surface area contributed by atoms with E-state index >= 15 is 0 Å². The van der Waals surface area contributed by atoms with Crippen molar-refractivity contribution in [2.24, 2.45) is 0 Å². The normalized spacial score (nSPS) is 9.89. The number of benzene rings is 1. The number of ether oxygens (including phenoxy) is 2. The summed E-state index contributed by atoms with van der Waals surface area (Å²) in [4.78, 5) is 20.1. The van der Waals surface area contributed by atoms with E-state index in [1.807, 2.05) is 0 Å². The van der Waals surface area contributed by atoms with Gasteiger partial charge in [0.2, 0.25) is 0 Å². The van der Waals surface area contributed by atoms with Gasteiger partial charge in [0.1, 0.15) is 12.4 Å². The van der Waals surface area contributed by atoms with Gasteiger partial charge in [-0.3, -0.25) is 10.1 Å². The Morgan fingerprint density at radius 3 is 2.84 bits per heavy atom. The standard InChI is InChI=1S/C11H14N2O6/c14-11(15)12-4-5-18-6-7-19-10-3-1-2-9(8-10)13(16)17/h1-3,8,12H,4-7H2,(H,14,15). The van der Waals surface area contributed by atoms with Gasteiger partial charge in [-0.1, -0.05) is 6.07 Å². The molecular weight excluding hydrogens is 256 g/mol. The molecule has 1 aromatic carbocycles.